The lowest BCUT2D eigenvalue weighted by Gasteiger charge is -2.26. The topological polar surface area (TPSA) is 111 Å². The van der Waals surface area contributed by atoms with Crippen LogP contribution in [-0.2, 0) is 33.3 Å². The quantitative estimate of drug-likeness (QED) is 0.0195. The van der Waals surface area contributed by atoms with E-state index in [1.54, 1.807) is 0 Å². The summed E-state index contributed by atoms with van der Waals surface area (Å²) >= 11 is 0. The molecule has 2 atom stereocenters. The number of carbonyl (C=O) groups is 3. The van der Waals surface area contributed by atoms with Crippen LogP contribution in [0, 0.1) is 0 Å². The van der Waals surface area contributed by atoms with Crippen LogP contribution in [0.3, 0.4) is 0 Å². The summed E-state index contributed by atoms with van der Waals surface area (Å²) in [6.45, 7) is 4.65. The monoisotopic (exact) mass is 1210 g/mol. The third-order valence-corrected chi connectivity index (χ3v) is 15.2. The number of likely N-dealkylation sites (N-methyl/N-ethyl adjacent to an activating group) is 1. The minimum absolute atomic E-state index is 0.143. The molecule has 9 nitrogen and oxygen atoms in total. The summed E-state index contributed by atoms with van der Waals surface area (Å²) in [6, 6.07) is 0. The average molecular weight is 1210 g/mol. The zero-order valence-corrected chi connectivity index (χ0v) is 56.9. The number of carbonyl (C=O) groups excluding carboxylic acids is 3. The molecule has 0 bridgehead atoms. The molecule has 9 heteroatoms. The lowest BCUT2D eigenvalue weighted by atomic mass is 10.0. The zero-order valence-electron chi connectivity index (χ0n) is 56.9. The number of ether oxygens (including phenoxy) is 4. The number of unbranched alkanes of at least 4 members (excludes halogenated alkanes) is 30. The Morgan fingerprint density at radius 3 is 0.989 bits per heavy atom. The Morgan fingerprint density at radius 2 is 0.655 bits per heavy atom. The number of nitrogens with zero attached hydrogens (tertiary/aromatic N) is 1. The van der Waals surface area contributed by atoms with E-state index in [2.05, 4.69) is 135 Å². The normalized spacial score (nSPS) is 13.4. The second kappa shape index (κ2) is 67.6. The van der Waals surface area contributed by atoms with Gasteiger partial charge in [0.15, 0.2) is 12.4 Å². The largest absolute Gasteiger partial charge is 0.545 e. The summed E-state index contributed by atoms with van der Waals surface area (Å²) in [5.41, 5.74) is 0. The van der Waals surface area contributed by atoms with Gasteiger partial charge in [0.1, 0.15) is 13.2 Å². The molecule has 2 unspecified atom stereocenters. The van der Waals surface area contributed by atoms with Crippen molar-refractivity contribution in [2.75, 3.05) is 47.5 Å². The summed E-state index contributed by atoms with van der Waals surface area (Å²) in [6.07, 6.45) is 92.8. The van der Waals surface area contributed by atoms with E-state index in [0.717, 1.165) is 103 Å². The Labute approximate surface area is 536 Å². The minimum atomic E-state index is -1.63. The summed E-state index contributed by atoms with van der Waals surface area (Å²) in [4.78, 5) is 37.5. The Bertz CT molecular complexity index is 1840. The minimum Gasteiger partial charge on any atom is -0.545 e. The zero-order chi connectivity index (χ0) is 63.3. The van der Waals surface area contributed by atoms with Crippen molar-refractivity contribution in [2.45, 2.75) is 309 Å². The number of hydrogen-bond acceptors (Lipinski definition) is 8. The first-order chi connectivity index (χ1) is 42.6. The van der Waals surface area contributed by atoms with Gasteiger partial charge in [0.05, 0.1) is 40.3 Å². The number of hydrogen-bond donors (Lipinski definition) is 0. The molecule has 0 aromatic carbocycles. The van der Waals surface area contributed by atoms with Crippen LogP contribution >= 0.6 is 0 Å². The molecule has 87 heavy (non-hydrogen) atoms. The summed E-state index contributed by atoms with van der Waals surface area (Å²) in [5, 5.41) is 11.8. The van der Waals surface area contributed by atoms with Crippen LogP contribution in [0.25, 0.3) is 0 Å². The van der Waals surface area contributed by atoms with E-state index in [1.807, 2.05) is 21.1 Å². The van der Waals surface area contributed by atoms with Gasteiger partial charge in [-0.3, -0.25) is 9.59 Å². The van der Waals surface area contributed by atoms with Gasteiger partial charge < -0.3 is 33.3 Å². The summed E-state index contributed by atoms with van der Waals surface area (Å²) < 4.78 is 22.8. The third kappa shape index (κ3) is 69.0. The number of carboxylic acids is 1. The first-order valence-electron chi connectivity index (χ1n) is 35.7. The fraction of sp³-hybridized carbons (Fsp3) is 0.705. The SMILES string of the molecule is CC/C=C\C/C=C\C/C=C\C/C=C\C/C=C\C/C=C\C/C=C\C/C=C\C/C=C\CCCCCCCCCCCCCC(=O)OC(COC(=O)CCCCCCCCCCCCC/C=C\CCCCCCCCCC)COC(OCC[N+](C)(C)C)C(=O)[O-]. The molecule has 0 aliphatic heterocycles. The van der Waals surface area contributed by atoms with Crippen molar-refractivity contribution in [3.8, 4) is 0 Å². The molecule has 0 heterocycles. The van der Waals surface area contributed by atoms with Gasteiger partial charge >= 0.3 is 11.9 Å². The molecule has 0 fully saturated rings. The van der Waals surface area contributed by atoms with Gasteiger partial charge in [0.25, 0.3) is 0 Å². The van der Waals surface area contributed by atoms with Crippen molar-refractivity contribution >= 4 is 17.9 Å². The number of carboxylic acid groups (broad SMARTS) is 1. The number of quaternary nitrogens is 1. The van der Waals surface area contributed by atoms with Gasteiger partial charge in [-0.05, 0) is 109 Å². The number of allylic oxidation sites excluding steroid dienone is 20. The first-order valence-corrected chi connectivity index (χ1v) is 35.7. The van der Waals surface area contributed by atoms with E-state index < -0.39 is 24.3 Å². The van der Waals surface area contributed by atoms with E-state index in [4.69, 9.17) is 18.9 Å². The number of rotatable bonds is 65. The fourth-order valence-corrected chi connectivity index (χ4v) is 9.76. The third-order valence-electron chi connectivity index (χ3n) is 15.2. The second-order valence-electron chi connectivity index (χ2n) is 24.8. The summed E-state index contributed by atoms with van der Waals surface area (Å²) in [7, 11) is 5.93. The Hall–Kier alpha value is -4.31. The van der Waals surface area contributed by atoms with Crippen molar-refractivity contribution in [2.24, 2.45) is 0 Å². The fourth-order valence-electron chi connectivity index (χ4n) is 9.76. The molecular weight excluding hydrogens is 1080 g/mol. The van der Waals surface area contributed by atoms with Crippen molar-refractivity contribution in [3.05, 3.63) is 122 Å². The maximum Gasteiger partial charge on any atom is 0.306 e. The van der Waals surface area contributed by atoms with Crippen LogP contribution < -0.4 is 5.11 Å². The van der Waals surface area contributed by atoms with Gasteiger partial charge in [-0.25, -0.2) is 0 Å². The van der Waals surface area contributed by atoms with E-state index >= 15 is 0 Å². The molecule has 0 spiro atoms. The molecule has 0 amide bonds. The van der Waals surface area contributed by atoms with Crippen molar-refractivity contribution in [1.29, 1.82) is 0 Å². The van der Waals surface area contributed by atoms with E-state index in [9.17, 15) is 19.5 Å². The van der Waals surface area contributed by atoms with Crippen LogP contribution in [0.5, 0.6) is 0 Å². The lowest BCUT2D eigenvalue weighted by Crippen LogP contribution is -2.44. The van der Waals surface area contributed by atoms with Gasteiger partial charge in [0, 0.05) is 12.8 Å². The van der Waals surface area contributed by atoms with Crippen LogP contribution in [0.4, 0.5) is 0 Å². The van der Waals surface area contributed by atoms with Crippen LogP contribution in [0.2, 0.25) is 0 Å². The first kappa shape index (κ1) is 82.7. The van der Waals surface area contributed by atoms with Gasteiger partial charge in [-0.15, -0.1) is 0 Å². The van der Waals surface area contributed by atoms with Crippen LogP contribution in [-0.4, -0.2) is 82.3 Å². The molecule has 498 valence electrons. The lowest BCUT2D eigenvalue weighted by molar-refractivity contribution is -0.870. The van der Waals surface area contributed by atoms with Gasteiger partial charge in [-0.1, -0.05) is 296 Å². The predicted octanol–water partition coefficient (Wildman–Crippen LogP) is 21.0. The molecule has 0 aliphatic rings. The molecule has 0 N–H and O–H groups in total. The molecular formula is C78H133NO8. The van der Waals surface area contributed by atoms with Crippen molar-refractivity contribution in [3.63, 3.8) is 0 Å². The number of esters is 2. The molecule has 0 aromatic heterocycles. The van der Waals surface area contributed by atoms with E-state index in [0.29, 0.717) is 17.4 Å². The van der Waals surface area contributed by atoms with E-state index in [-0.39, 0.29) is 38.6 Å². The highest BCUT2D eigenvalue weighted by molar-refractivity contribution is 5.70. The Morgan fingerprint density at radius 1 is 0.356 bits per heavy atom. The standard InChI is InChI=1S/C78H133NO8/c1-6-8-10-12-14-16-18-20-22-24-26-28-30-31-32-33-34-35-36-37-38-39-40-41-42-43-44-45-47-49-51-53-55-57-59-61-63-65-67-69-76(81)87-74(73-86-78(77(82)83)84-71-70-79(3,4)5)72-85-75(80)68-66-64-62-60-58-56-54-52-50-48-46-29-27-25-23-21-19-17-15-13-11-9-7-2/h8,10,14,16,20,22,25-28,31-32,34-35,37-38,40-41,43-44,74,78H,6-7,9,11-13,15,17-19,21,23-24,29-30,33,36,39,42,45-73H2,1-5H3/b10-8-,16-14-,22-20-,27-25-,28-26-,32-31-,35-34-,38-37-,41-40-,44-43-. The van der Waals surface area contributed by atoms with Crippen LogP contribution in [0.1, 0.15) is 296 Å². The molecule has 0 aromatic rings. The Kier molecular flexibility index (Phi) is 64.3. The molecule has 0 radical (unpaired) electrons. The highest BCUT2D eigenvalue weighted by atomic mass is 16.7. The van der Waals surface area contributed by atoms with Gasteiger partial charge in [-0.2, -0.15) is 0 Å². The predicted molar refractivity (Wildman–Crippen MR) is 370 cm³/mol. The van der Waals surface area contributed by atoms with Crippen LogP contribution in [0.15, 0.2) is 122 Å². The maximum absolute atomic E-state index is 12.9. The second-order valence-corrected chi connectivity index (χ2v) is 24.8. The Balaban J connectivity index is 4.13. The molecule has 0 saturated carbocycles. The van der Waals surface area contributed by atoms with E-state index in [1.165, 1.54) is 161 Å². The highest BCUT2D eigenvalue weighted by Crippen LogP contribution is 2.17. The van der Waals surface area contributed by atoms with Crippen molar-refractivity contribution in [1.82, 2.24) is 0 Å². The average Bonchev–Trinajstić information content (AvgIpc) is 3.55. The number of aliphatic carboxylic acids is 1. The maximum atomic E-state index is 12.9. The molecule has 0 aliphatic carbocycles. The summed E-state index contributed by atoms with van der Waals surface area (Å²) in [5.74, 6) is -2.28. The molecule has 0 rings (SSSR count). The molecule has 0 saturated heterocycles. The highest BCUT2D eigenvalue weighted by Gasteiger charge is 2.22. The smallest absolute Gasteiger partial charge is 0.306 e. The van der Waals surface area contributed by atoms with Gasteiger partial charge in [0.2, 0.25) is 0 Å². The van der Waals surface area contributed by atoms with Crippen molar-refractivity contribution < 1.29 is 42.9 Å².